The second kappa shape index (κ2) is 6.81. The fourth-order valence-electron chi connectivity index (χ4n) is 3.06. The van der Waals surface area contributed by atoms with Crippen LogP contribution in [-0.2, 0) is 4.79 Å². The van der Waals surface area contributed by atoms with E-state index in [0.717, 1.165) is 4.68 Å². The van der Waals surface area contributed by atoms with Crippen molar-refractivity contribution in [2.45, 2.75) is 12.3 Å². The number of carbonyl (C=O) groups is 2. The summed E-state index contributed by atoms with van der Waals surface area (Å²) < 4.78 is 1.10. The van der Waals surface area contributed by atoms with Crippen LogP contribution < -0.4 is 11.0 Å². The summed E-state index contributed by atoms with van der Waals surface area (Å²) in [6, 6.07) is 17.0. The molecule has 0 fully saturated rings. The van der Waals surface area contributed by atoms with Gasteiger partial charge in [0.15, 0.2) is 5.78 Å². The zero-order chi connectivity index (χ0) is 19.0. The summed E-state index contributed by atoms with van der Waals surface area (Å²) >= 11 is 6.02. The van der Waals surface area contributed by atoms with Gasteiger partial charge in [-0.2, -0.15) is 0 Å². The van der Waals surface area contributed by atoms with Gasteiger partial charge in [-0.3, -0.25) is 19.8 Å². The molecule has 134 valence electrons. The molecule has 7 heteroatoms. The standard InChI is InChI=1S/C20H14ClN3O3/c21-14-8-4-7-13(9-14)16-11-18(26)24-19(22-16)15(20(27)23-24)10-17(25)12-5-2-1-3-6-12/h1-9,11,15H,10H2,(H,23,27). The van der Waals surface area contributed by atoms with Crippen LogP contribution in [0.2, 0.25) is 5.02 Å². The predicted octanol–water partition coefficient (Wildman–Crippen LogP) is 3.00. The van der Waals surface area contributed by atoms with Gasteiger partial charge in [0.05, 0.1) is 5.69 Å². The summed E-state index contributed by atoms with van der Waals surface area (Å²) in [5.41, 5.74) is 3.65. The lowest BCUT2D eigenvalue weighted by atomic mass is 9.97. The van der Waals surface area contributed by atoms with Crippen molar-refractivity contribution in [1.29, 1.82) is 0 Å². The van der Waals surface area contributed by atoms with Crippen LogP contribution in [0.25, 0.3) is 11.3 Å². The van der Waals surface area contributed by atoms with Crippen molar-refractivity contribution in [3.8, 4) is 11.3 Å². The van der Waals surface area contributed by atoms with Crippen LogP contribution in [0.5, 0.6) is 0 Å². The van der Waals surface area contributed by atoms with E-state index in [1.165, 1.54) is 6.07 Å². The number of nitrogens with zero attached hydrogens (tertiary/aromatic N) is 2. The summed E-state index contributed by atoms with van der Waals surface area (Å²) in [6.07, 6.45) is -0.0682. The van der Waals surface area contributed by atoms with Gasteiger partial charge in [0.2, 0.25) is 5.91 Å². The zero-order valence-electron chi connectivity index (χ0n) is 14.1. The highest BCUT2D eigenvalue weighted by Crippen LogP contribution is 2.27. The molecule has 1 atom stereocenters. The molecule has 3 aromatic rings. The highest BCUT2D eigenvalue weighted by molar-refractivity contribution is 6.30. The van der Waals surface area contributed by atoms with E-state index in [4.69, 9.17) is 11.6 Å². The quantitative estimate of drug-likeness (QED) is 0.706. The molecule has 1 aliphatic rings. The first kappa shape index (κ1) is 17.2. The minimum Gasteiger partial charge on any atom is -0.294 e. The van der Waals surface area contributed by atoms with Crippen molar-refractivity contribution in [2.75, 3.05) is 5.43 Å². The molecule has 27 heavy (non-hydrogen) atoms. The molecular formula is C20H14ClN3O3. The van der Waals surface area contributed by atoms with Gasteiger partial charge in [-0.15, -0.1) is 0 Å². The van der Waals surface area contributed by atoms with Gasteiger partial charge >= 0.3 is 0 Å². The molecule has 6 nitrogen and oxygen atoms in total. The second-order valence-electron chi connectivity index (χ2n) is 6.21. The Morgan fingerprint density at radius 2 is 1.85 bits per heavy atom. The maximum atomic E-state index is 12.5. The number of benzene rings is 2. The predicted molar refractivity (Wildman–Crippen MR) is 101 cm³/mol. The molecule has 1 N–H and O–H groups in total. The second-order valence-corrected chi connectivity index (χ2v) is 6.64. The number of nitrogens with one attached hydrogen (secondary N) is 1. The van der Waals surface area contributed by atoms with Crippen molar-refractivity contribution < 1.29 is 9.59 Å². The number of hydrogen-bond donors (Lipinski definition) is 1. The number of aromatic nitrogens is 2. The van der Waals surface area contributed by atoms with E-state index in [9.17, 15) is 14.4 Å². The third kappa shape index (κ3) is 3.27. The summed E-state index contributed by atoms with van der Waals surface area (Å²) in [6.45, 7) is 0. The molecule has 2 heterocycles. The molecule has 1 unspecified atom stereocenters. The Balaban J connectivity index is 1.73. The van der Waals surface area contributed by atoms with E-state index >= 15 is 0 Å². The largest absolute Gasteiger partial charge is 0.294 e. The SMILES string of the molecule is O=C(CC1C(=O)Nn2c1nc(-c1cccc(Cl)c1)cc2=O)c1ccccc1. The van der Waals surface area contributed by atoms with Gasteiger partial charge in [0.25, 0.3) is 5.56 Å². The van der Waals surface area contributed by atoms with E-state index in [2.05, 4.69) is 10.4 Å². The molecule has 0 saturated heterocycles. The first-order chi connectivity index (χ1) is 13.0. The number of carbonyl (C=O) groups excluding carboxylic acids is 2. The van der Waals surface area contributed by atoms with E-state index in [1.807, 2.05) is 6.07 Å². The third-order valence-electron chi connectivity index (χ3n) is 4.40. The van der Waals surface area contributed by atoms with Gasteiger partial charge in [0.1, 0.15) is 11.7 Å². The summed E-state index contributed by atoms with van der Waals surface area (Å²) in [5.74, 6) is -1.21. The van der Waals surface area contributed by atoms with E-state index in [1.54, 1.807) is 48.5 Å². The molecule has 0 radical (unpaired) electrons. The van der Waals surface area contributed by atoms with Gasteiger partial charge in [0, 0.05) is 28.6 Å². The number of amides is 1. The third-order valence-corrected chi connectivity index (χ3v) is 4.64. The fourth-order valence-corrected chi connectivity index (χ4v) is 3.25. The Kier molecular flexibility index (Phi) is 4.33. The van der Waals surface area contributed by atoms with Crippen molar-refractivity contribution in [1.82, 2.24) is 9.66 Å². The summed E-state index contributed by atoms with van der Waals surface area (Å²) in [7, 11) is 0. The van der Waals surface area contributed by atoms with Gasteiger partial charge in [-0.05, 0) is 12.1 Å². The van der Waals surface area contributed by atoms with E-state index in [-0.39, 0.29) is 18.0 Å². The van der Waals surface area contributed by atoms with Crippen molar-refractivity contribution in [2.24, 2.45) is 0 Å². The maximum Gasteiger partial charge on any atom is 0.273 e. The summed E-state index contributed by atoms with van der Waals surface area (Å²) in [4.78, 5) is 41.8. The lowest BCUT2D eigenvalue weighted by Crippen LogP contribution is -2.27. The molecule has 1 aromatic heterocycles. The van der Waals surface area contributed by atoms with Gasteiger partial charge < -0.3 is 0 Å². The first-order valence-corrected chi connectivity index (χ1v) is 8.70. The van der Waals surface area contributed by atoms with Crippen molar-refractivity contribution in [3.05, 3.63) is 87.4 Å². The van der Waals surface area contributed by atoms with Crippen LogP contribution >= 0.6 is 11.6 Å². The van der Waals surface area contributed by atoms with Gasteiger partial charge in [-0.25, -0.2) is 9.66 Å². The van der Waals surface area contributed by atoms with Gasteiger partial charge in [-0.1, -0.05) is 54.1 Å². The van der Waals surface area contributed by atoms with Crippen LogP contribution in [0.1, 0.15) is 28.5 Å². The number of hydrogen-bond acceptors (Lipinski definition) is 4. The number of halogens is 1. The Labute approximate surface area is 159 Å². The molecule has 0 bridgehead atoms. The lowest BCUT2D eigenvalue weighted by Gasteiger charge is -2.09. The normalized spacial score (nSPS) is 15.3. The molecule has 4 rings (SSSR count). The lowest BCUT2D eigenvalue weighted by molar-refractivity contribution is -0.117. The monoisotopic (exact) mass is 379 g/mol. The summed E-state index contributed by atoms with van der Waals surface area (Å²) in [5, 5.41) is 0.514. The van der Waals surface area contributed by atoms with Crippen LogP contribution in [0.3, 0.4) is 0 Å². The molecule has 1 amide bonds. The maximum absolute atomic E-state index is 12.5. The Morgan fingerprint density at radius 1 is 1.07 bits per heavy atom. The van der Waals surface area contributed by atoms with Crippen LogP contribution in [0, 0.1) is 0 Å². The number of Topliss-reactive ketones (excluding diaryl/α,β-unsaturated/α-hetero) is 1. The average Bonchev–Trinajstić information content (AvgIpc) is 2.99. The number of rotatable bonds is 4. The fraction of sp³-hybridized carbons (Fsp3) is 0.100. The Hall–Kier alpha value is -3.25. The molecule has 0 saturated carbocycles. The molecule has 0 spiro atoms. The zero-order valence-corrected chi connectivity index (χ0v) is 14.8. The molecule has 2 aromatic carbocycles. The molecular weight excluding hydrogens is 366 g/mol. The van der Waals surface area contributed by atoms with Crippen molar-refractivity contribution >= 4 is 23.3 Å². The number of ketones is 1. The minimum atomic E-state index is -0.829. The van der Waals surface area contributed by atoms with Crippen LogP contribution in [0.15, 0.2) is 65.5 Å². The Bertz CT molecular complexity index is 1110. The molecule has 0 aliphatic carbocycles. The van der Waals surface area contributed by atoms with Crippen LogP contribution in [0.4, 0.5) is 0 Å². The van der Waals surface area contributed by atoms with Crippen molar-refractivity contribution in [3.63, 3.8) is 0 Å². The number of fused-ring (bicyclic) bond motifs is 1. The van der Waals surface area contributed by atoms with Crippen LogP contribution in [-0.4, -0.2) is 21.4 Å². The smallest absolute Gasteiger partial charge is 0.273 e. The topological polar surface area (TPSA) is 81.1 Å². The highest BCUT2D eigenvalue weighted by atomic mass is 35.5. The molecule has 1 aliphatic heterocycles. The first-order valence-electron chi connectivity index (χ1n) is 8.32. The highest BCUT2D eigenvalue weighted by Gasteiger charge is 2.35. The Morgan fingerprint density at radius 3 is 2.59 bits per heavy atom. The van der Waals surface area contributed by atoms with E-state index < -0.39 is 17.4 Å². The van der Waals surface area contributed by atoms with E-state index in [0.29, 0.717) is 21.8 Å². The minimum absolute atomic E-state index is 0.0682. The average molecular weight is 380 g/mol.